The minimum Gasteiger partial charge on any atom is -0.388 e. The summed E-state index contributed by atoms with van der Waals surface area (Å²) in [7, 11) is 0. The van der Waals surface area contributed by atoms with Gasteiger partial charge in [0.05, 0.1) is 11.2 Å². The number of anilines is 1. The number of nitrogens with one attached hydrogen (secondary N) is 1. The molecule has 1 aromatic rings. The molecule has 0 aliphatic rings. The average Bonchev–Trinajstić information content (AvgIpc) is 2.24. The third-order valence-corrected chi connectivity index (χ3v) is 2.94. The minimum atomic E-state index is -0.805. The number of hydrogen-bond donors (Lipinski definition) is 2. The first-order valence-corrected chi connectivity index (χ1v) is 6.60. The van der Waals surface area contributed by atoms with E-state index in [0.29, 0.717) is 30.3 Å². The Bertz CT molecular complexity index is 487. The van der Waals surface area contributed by atoms with Gasteiger partial charge in [-0.1, -0.05) is 13.8 Å². The van der Waals surface area contributed by atoms with E-state index in [1.165, 1.54) is 0 Å². The highest BCUT2D eigenvalue weighted by Crippen LogP contribution is 2.21. The Kier molecular flexibility index (Phi) is 4.90. The van der Waals surface area contributed by atoms with Crippen molar-refractivity contribution < 1.29 is 5.11 Å². The molecule has 0 aliphatic carbocycles. The van der Waals surface area contributed by atoms with Gasteiger partial charge in [0.1, 0.15) is 11.9 Å². The Morgan fingerprint density at radius 1 is 1.47 bits per heavy atom. The van der Waals surface area contributed by atoms with Crippen molar-refractivity contribution in [3.8, 4) is 6.07 Å². The van der Waals surface area contributed by atoms with Gasteiger partial charge >= 0.3 is 0 Å². The lowest BCUT2D eigenvalue weighted by Crippen LogP contribution is -2.35. The third kappa shape index (κ3) is 4.53. The molecule has 104 valence electrons. The molecule has 0 saturated carbocycles. The number of aromatic nitrogens is 1. The first-order valence-electron chi connectivity index (χ1n) is 6.60. The van der Waals surface area contributed by atoms with Gasteiger partial charge in [-0.25, -0.2) is 4.98 Å². The van der Waals surface area contributed by atoms with Crippen LogP contribution in [0.1, 0.15) is 44.0 Å². The SMILES string of the molecule is Cc1cc(C)c(C#N)c(NCC(C)(O)CC(C)C)n1. The van der Waals surface area contributed by atoms with Crippen molar-refractivity contribution in [3.05, 3.63) is 22.9 Å². The molecule has 0 radical (unpaired) electrons. The van der Waals surface area contributed by atoms with Crippen LogP contribution in [0.25, 0.3) is 0 Å². The summed E-state index contributed by atoms with van der Waals surface area (Å²) in [4.78, 5) is 4.34. The van der Waals surface area contributed by atoms with Gasteiger partial charge in [0, 0.05) is 12.2 Å². The second-order valence-corrected chi connectivity index (χ2v) is 5.86. The summed E-state index contributed by atoms with van der Waals surface area (Å²) in [5.41, 5.74) is 1.51. The molecule has 0 saturated heterocycles. The van der Waals surface area contributed by atoms with Crippen LogP contribution in [0.15, 0.2) is 6.07 Å². The zero-order chi connectivity index (χ0) is 14.6. The summed E-state index contributed by atoms with van der Waals surface area (Å²) >= 11 is 0. The first-order chi connectivity index (χ1) is 8.75. The first kappa shape index (κ1) is 15.5. The zero-order valence-corrected chi connectivity index (χ0v) is 12.4. The normalized spacial score (nSPS) is 14.0. The molecule has 0 fully saturated rings. The molecule has 0 aliphatic heterocycles. The number of aryl methyl sites for hydroxylation is 2. The molecule has 19 heavy (non-hydrogen) atoms. The number of nitriles is 1. The van der Waals surface area contributed by atoms with Gasteiger partial charge in [-0.2, -0.15) is 5.26 Å². The molecule has 4 heteroatoms. The second-order valence-electron chi connectivity index (χ2n) is 5.86. The van der Waals surface area contributed by atoms with Crippen molar-refractivity contribution in [1.82, 2.24) is 4.98 Å². The molecule has 1 rings (SSSR count). The van der Waals surface area contributed by atoms with Crippen LogP contribution in [0.4, 0.5) is 5.82 Å². The lowest BCUT2D eigenvalue weighted by Gasteiger charge is -2.26. The van der Waals surface area contributed by atoms with E-state index in [2.05, 4.69) is 30.2 Å². The van der Waals surface area contributed by atoms with E-state index in [-0.39, 0.29) is 0 Å². The highest BCUT2D eigenvalue weighted by atomic mass is 16.3. The summed E-state index contributed by atoms with van der Waals surface area (Å²) in [6.45, 7) is 10.1. The second kappa shape index (κ2) is 6.03. The highest BCUT2D eigenvalue weighted by molar-refractivity contribution is 5.56. The number of rotatable bonds is 5. The molecule has 0 spiro atoms. The van der Waals surface area contributed by atoms with E-state index in [1.54, 1.807) is 6.92 Å². The highest BCUT2D eigenvalue weighted by Gasteiger charge is 2.22. The van der Waals surface area contributed by atoms with E-state index in [4.69, 9.17) is 0 Å². The zero-order valence-electron chi connectivity index (χ0n) is 12.4. The van der Waals surface area contributed by atoms with Crippen LogP contribution in [0.3, 0.4) is 0 Å². The summed E-state index contributed by atoms with van der Waals surface area (Å²) in [5, 5.41) is 22.6. The summed E-state index contributed by atoms with van der Waals surface area (Å²) in [6.07, 6.45) is 0.701. The van der Waals surface area contributed by atoms with Crippen LogP contribution in [-0.4, -0.2) is 22.2 Å². The van der Waals surface area contributed by atoms with Crippen LogP contribution >= 0.6 is 0 Å². The summed E-state index contributed by atoms with van der Waals surface area (Å²) < 4.78 is 0. The average molecular weight is 261 g/mol. The van der Waals surface area contributed by atoms with E-state index in [9.17, 15) is 10.4 Å². The predicted molar refractivity (Wildman–Crippen MR) is 77.0 cm³/mol. The van der Waals surface area contributed by atoms with E-state index < -0.39 is 5.60 Å². The Hall–Kier alpha value is -1.60. The maximum absolute atomic E-state index is 10.3. The Morgan fingerprint density at radius 3 is 2.63 bits per heavy atom. The fraction of sp³-hybridized carbons (Fsp3) is 0.600. The molecule has 4 nitrogen and oxygen atoms in total. The fourth-order valence-corrected chi connectivity index (χ4v) is 2.33. The van der Waals surface area contributed by atoms with Crippen molar-refractivity contribution in [2.45, 2.75) is 46.6 Å². The van der Waals surface area contributed by atoms with Crippen molar-refractivity contribution in [3.63, 3.8) is 0 Å². The van der Waals surface area contributed by atoms with Gasteiger partial charge in [0.2, 0.25) is 0 Å². The molecule has 1 heterocycles. The lowest BCUT2D eigenvalue weighted by atomic mass is 9.94. The van der Waals surface area contributed by atoms with E-state index >= 15 is 0 Å². The van der Waals surface area contributed by atoms with Crippen molar-refractivity contribution in [1.29, 1.82) is 5.26 Å². The monoisotopic (exact) mass is 261 g/mol. The van der Waals surface area contributed by atoms with Gasteiger partial charge in [-0.15, -0.1) is 0 Å². The van der Waals surface area contributed by atoms with Gasteiger partial charge in [0.25, 0.3) is 0 Å². The van der Waals surface area contributed by atoms with Gasteiger partial charge in [0.15, 0.2) is 0 Å². The standard InChI is InChI=1S/C15H23N3O/c1-10(2)7-15(5,19)9-17-14-13(8-16)11(3)6-12(4)18-14/h6,10,19H,7,9H2,1-5H3,(H,17,18). The van der Waals surface area contributed by atoms with Crippen molar-refractivity contribution in [2.75, 3.05) is 11.9 Å². The third-order valence-electron chi connectivity index (χ3n) is 2.94. The minimum absolute atomic E-state index is 0.385. The Labute approximate surface area is 115 Å². The van der Waals surface area contributed by atoms with Crippen molar-refractivity contribution in [2.24, 2.45) is 5.92 Å². The quantitative estimate of drug-likeness (QED) is 0.855. The number of nitrogens with zero attached hydrogens (tertiary/aromatic N) is 2. The summed E-state index contributed by atoms with van der Waals surface area (Å²) in [6, 6.07) is 4.05. The maximum Gasteiger partial charge on any atom is 0.144 e. The van der Waals surface area contributed by atoms with Gasteiger partial charge in [-0.3, -0.25) is 0 Å². The van der Waals surface area contributed by atoms with Gasteiger partial charge < -0.3 is 10.4 Å². The molecule has 1 atom stereocenters. The molecule has 0 aromatic carbocycles. The molecular formula is C15H23N3O. The predicted octanol–water partition coefficient (Wildman–Crippen LogP) is 2.78. The smallest absolute Gasteiger partial charge is 0.144 e. The molecule has 0 bridgehead atoms. The molecule has 2 N–H and O–H groups in total. The van der Waals surface area contributed by atoms with Crippen LogP contribution in [-0.2, 0) is 0 Å². The van der Waals surface area contributed by atoms with Crippen LogP contribution < -0.4 is 5.32 Å². The topological polar surface area (TPSA) is 68.9 Å². The molecule has 0 amide bonds. The van der Waals surface area contributed by atoms with Crippen LogP contribution in [0, 0.1) is 31.1 Å². The van der Waals surface area contributed by atoms with Crippen LogP contribution in [0.5, 0.6) is 0 Å². The number of aliphatic hydroxyl groups is 1. The summed E-state index contributed by atoms with van der Waals surface area (Å²) in [5.74, 6) is 0.975. The van der Waals surface area contributed by atoms with E-state index in [0.717, 1.165) is 11.3 Å². The fourth-order valence-electron chi connectivity index (χ4n) is 2.33. The van der Waals surface area contributed by atoms with Crippen LogP contribution in [0.2, 0.25) is 0 Å². The van der Waals surface area contributed by atoms with E-state index in [1.807, 2.05) is 19.9 Å². The maximum atomic E-state index is 10.3. The Balaban J connectivity index is 2.86. The molecule has 1 aromatic heterocycles. The molecular weight excluding hydrogens is 238 g/mol. The number of pyridine rings is 1. The Morgan fingerprint density at radius 2 is 2.11 bits per heavy atom. The van der Waals surface area contributed by atoms with Gasteiger partial charge in [-0.05, 0) is 44.7 Å². The molecule has 1 unspecified atom stereocenters. The number of hydrogen-bond acceptors (Lipinski definition) is 4. The largest absolute Gasteiger partial charge is 0.388 e. The lowest BCUT2D eigenvalue weighted by molar-refractivity contribution is 0.0514. The van der Waals surface area contributed by atoms with Crippen molar-refractivity contribution >= 4 is 5.82 Å².